The first kappa shape index (κ1) is 30.0. The lowest BCUT2D eigenvalue weighted by molar-refractivity contribution is 0.0986. The lowest BCUT2D eigenvalue weighted by Gasteiger charge is -2.30. The van der Waals surface area contributed by atoms with Crippen LogP contribution in [0.4, 0.5) is 10.8 Å². The van der Waals surface area contributed by atoms with Crippen molar-refractivity contribution in [3.05, 3.63) is 82.9 Å². The first-order valence-electron chi connectivity index (χ1n) is 13.2. The molecule has 7 nitrogen and oxygen atoms in total. The number of carbonyl (C=O) groups is 1. The molecule has 10 heteroatoms. The molecule has 4 aromatic rings. The van der Waals surface area contributed by atoms with Crippen LogP contribution in [0, 0.1) is 13.8 Å². The first-order chi connectivity index (χ1) is 18.6. The number of halogens is 1. The maximum atomic E-state index is 13.8. The quantitative estimate of drug-likeness (QED) is 0.246. The van der Waals surface area contributed by atoms with E-state index in [4.69, 9.17) is 4.98 Å². The third-order valence-corrected chi connectivity index (χ3v) is 10.1. The van der Waals surface area contributed by atoms with Crippen molar-refractivity contribution >= 4 is 60.7 Å². The Hall–Kier alpha value is -2.98. The standard InChI is InChI=1S/C30H34N4O3S2.ClH/c1-21-19-26-28(20-22(21)2)38-30(31-26)33(17-8-16-32(3)4)29(35)24-12-14-25(15-13-24)39(36,37)34-18-7-10-23-9-5-6-11-27(23)34;/h5-6,9,11-15,19-20H,7-8,10,16-18H2,1-4H3;1H. The molecule has 0 fully saturated rings. The normalized spacial score (nSPS) is 13.3. The van der Waals surface area contributed by atoms with E-state index < -0.39 is 10.0 Å². The smallest absolute Gasteiger partial charge is 0.264 e. The molecule has 0 saturated carbocycles. The number of sulfonamides is 1. The van der Waals surface area contributed by atoms with Gasteiger partial charge in [0.15, 0.2) is 5.13 Å². The average molecular weight is 599 g/mol. The summed E-state index contributed by atoms with van der Waals surface area (Å²) in [6.07, 6.45) is 2.42. The van der Waals surface area contributed by atoms with Crippen LogP contribution >= 0.6 is 23.7 Å². The highest BCUT2D eigenvalue weighted by atomic mass is 35.5. The molecule has 1 amide bonds. The van der Waals surface area contributed by atoms with Crippen molar-refractivity contribution in [1.29, 1.82) is 0 Å². The molecule has 40 heavy (non-hydrogen) atoms. The molecule has 3 aromatic carbocycles. The second-order valence-electron chi connectivity index (χ2n) is 10.3. The molecule has 212 valence electrons. The Morgan fingerprint density at radius 3 is 2.42 bits per heavy atom. The summed E-state index contributed by atoms with van der Waals surface area (Å²) in [5, 5.41) is 0.653. The van der Waals surface area contributed by atoms with Crippen molar-refractivity contribution in [2.75, 3.05) is 42.9 Å². The van der Waals surface area contributed by atoms with Crippen LogP contribution in [0.1, 0.15) is 39.9 Å². The molecule has 0 spiro atoms. The van der Waals surface area contributed by atoms with Crippen LogP contribution in [0.5, 0.6) is 0 Å². The average Bonchev–Trinajstić information content (AvgIpc) is 3.32. The predicted octanol–water partition coefficient (Wildman–Crippen LogP) is 6.07. The van der Waals surface area contributed by atoms with Crippen LogP contribution in [0.25, 0.3) is 10.2 Å². The van der Waals surface area contributed by atoms with E-state index in [-0.39, 0.29) is 23.2 Å². The van der Waals surface area contributed by atoms with Crippen molar-refractivity contribution in [1.82, 2.24) is 9.88 Å². The molecule has 1 aromatic heterocycles. The highest BCUT2D eigenvalue weighted by molar-refractivity contribution is 7.92. The summed E-state index contributed by atoms with van der Waals surface area (Å²) in [6.45, 7) is 5.93. The molecule has 0 radical (unpaired) electrons. The monoisotopic (exact) mass is 598 g/mol. The van der Waals surface area contributed by atoms with Gasteiger partial charge in [0, 0.05) is 18.7 Å². The lowest BCUT2D eigenvalue weighted by atomic mass is 10.0. The summed E-state index contributed by atoms with van der Waals surface area (Å²) in [5.74, 6) is -0.187. The maximum Gasteiger partial charge on any atom is 0.264 e. The zero-order chi connectivity index (χ0) is 27.7. The SMILES string of the molecule is Cc1cc2nc(N(CCCN(C)C)C(=O)c3ccc(S(=O)(=O)N4CCCc5ccccc54)cc3)sc2cc1C.Cl. The van der Waals surface area contributed by atoms with Crippen molar-refractivity contribution in [3.63, 3.8) is 0 Å². The number of thiazole rings is 1. The molecular formula is C30H35ClN4O3S2. The zero-order valence-corrected chi connectivity index (χ0v) is 25.7. The second kappa shape index (κ2) is 12.3. The summed E-state index contributed by atoms with van der Waals surface area (Å²) in [6, 6.07) is 18.1. The fourth-order valence-electron chi connectivity index (χ4n) is 4.91. The Bertz CT molecular complexity index is 1580. The number of rotatable bonds is 8. The van der Waals surface area contributed by atoms with Crippen LogP contribution in [0.3, 0.4) is 0 Å². The number of anilines is 2. The third-order valence-electron chi connectivity index (χ3n) is 7.21. The Balaban J connectivity index is 0.00000370. The van der Waals surface area contributed by atoms with Crippen LogP contribution in [0.2, 0.25) is 0 Å². The highest BCUT2D eigenvalue weighted by Crippen LogP contribution is 2.33. The fraction of sp³-hybridized carbons (Fsp3) is 0.333. The van der Waals surface area contributed by atoms with Crippen LogP contribution < -0.4 is 9.21 Å². The molecule has 1 aliphatic heterocycles. The Kier molecular flexibility index (Phi) is 9.19. The Morgan fingerprint density at radius 1 is 1.00 bits per heavy atom. The van der Waals surface area contributed by atoms with E-state index in [9.17, 15) is 13.2 Å². The second-order valence-corrected chi connectivity index (χ2v) is 13.2. The van der Waals surface area contributed by atoms with E-state index in [0.29, 0.717) is 23.8 Å². The van der Waals surface area contributed by atoms with Gasteiger partial charge in [0.2, 0.25) is 0 Å². The van der Waals surface area contributed by atoms with Crippen molar-refractivity contribution in [3.8, 4) is 0 Å². The van der Waals surface area contributed by atoms with Crippen molar-refractivity contribution in [2.45, 2.75) is 38.0 Å². The van der Waals surface area contributed by atoms with Gasteiger partial charge in [-0.15, -0.1) is 12.4 Å². The van der Waals surface area contributed by atoms with Gasteiger partial charge >= 0.3 is 0 Å². The molecule has 0 aliphatic carbocycles. The van der Waals surface area contributed by atoms with Crippen LogP contribution in [-0.4, -0.2) is 57.9 Å². The maximum absolute atomic E-state index is 13.8. The van der Waals surface area contributed by atoms with Crippen molar-refractivity contribution in [2.24, 2.45) is 0 Å². The van der Waals surface area contributed by atoms with Gasteiger partial charge < -0.3 is 4.90 Å². The van der Waals surface area contributed by atoms with E-state index in [1.807, 2.05) is 38.4 Å². The predicted molar refractivity (Wildman–Crippen MR) is 167 cm³/mol. The number of hydrogen-bond acceptors (Lipinski definition) is 6. The lowest BCUT2D eigenvalue weighted by Crippen LogP contribution is -2.35. The largest absolute Gasteiger partial charge is 0.309 e. The van der Waals surface area contributed by atoms with E-state index in [2.05, 4.69) is 30.9 Å². The summed E-state index contributed by atoms with van der Waals surface area (Å²) < 4.78 is 29.7. The topological polar surface area (TPSA) is 73.8 Å². The first-order valence-corrected chi connectivity index (χ1v) is 15.5. The van der Waals surface area contributed by atoms with Crippen LogP contribution in [0.15, 0.2) is 65.6 Å². The summed E-state index contributed by atoms with van der Waals surface area (Å²) in [5.41, 5.74) is 5.44. The molecule has 2 heterocycles. The number of nitrogens with zero attached hydrogens (tertiary/aromatic N) is 4. The molecule has 0 bridgehead atoms. The molecule has 0 N–H and O–H groups in total. The molecule has 0 atom stereocenters. The summed E-state index contributed by atoms with van der Waals surface area (Å²) in [7, 11) is 0.272. The minimum absolute atomic E-state index is 0. The van der Waals surface area contributed by atoms with E-state index >= 15 is 0 Å². The summed E-state index contributed by atoms with van der Waals surface area (Å²) >= 11 is 1.51. The fourth-order valence-corrected chi connectivity index (χ4v) is 7.52. The van der Waals surface area contributed by atoms with Crippen molar-refractivity contribution < 1.29 is 13.2 Å². The minimum Gasteiger partial charge on any atom is -0.309 e. The van der Waals surface area contributed by atoms with Gasteiger partial charge in [-0.05, 0) is 113 Å². The number of para-hydroxylation sites is 1. The van der Waals surface area contributed by atoms with Gasteiger partial charge in [0.25, 0.3) is 15.9 Å². The third kappa shape index (κ3) is 6.02. The van der Waals surface area contributed by atoms with Gasteiger partial charge in [-0.3, -0.25) is 14.0 Å². The van der Waals surface area contributed by atoms with Gasteiger partial charge in [-0.2, -0.15) is 0 Å². The Labute approximate surface area is 246 Å². The summed E-state index contributed by atoms with van der Waals surface area (Å²) in [4.78, 5) is 22.6. The number of benzene rings is 3. The number of aromatic nitrogens is 1. The number of amides is 1. The van der Waals surface area contributed by atoms with Gasteiger partial charge in [0.1, 0.15) is 0 Å². The molecule has 1 aliphatic rings. The van der Waals surface area contributed by atoms with E-state index in [0.717, 1.165) is 52.8 Å². The molecule has 0 saturated heterocycles. The molecule has 0 unspecified atom stereocenters. The number of fused-ring (bicyclic) bond motifs is 2. The van der Waals surface area contributed by atoms with Gasteiger partial charge in [-0.1, -0.05) is 29.5 Å². The number of aryl methyl sites for hydroxylation is 3. The zero-order valence-electron chi connectivity index (χ0n) is 23.3. The van der Waals surface area contributed by atoms with E-state index in [1.54, 1.807) is 29.2 Å². The van der Waals surface area contributed by atoms with Crippen LogP contribution in [-0.2, 0) is 16.4 Å². The molecule has 5 rings (SSSR count). The Morgan fingerprint density at radius 2 is 1.70 bits per heavy atom. The minimum atomic E-state index is -3.75. The van der Waals surface area contributed by atoms with Gasteiger partial charge in [-0.25, -0.2) is 13.4 Å². The number of hydrogen-bond donors (Lipinski definition) is 0. The highest BCUT2D eigenvalue weighted by Gasteiger charge is 2.29. The molecular weight excluding hydrogens is 564 g/mol. The number of carbonyl (C=O) groups excluding carboxylic acids is 1. The van der Waals surface area contributed by atoms with Gasteiger partial charge in [0.05, 0.1) is 20.8 Å². The van der Waals surface area contributed by atoms with E-state index in [1.165, 1.54) is 21.2 Å².